The molecule has 0 radical (unpaired) electrons. The Labute approximate surface area is 178 Å². The number of carbonyl (C=O) groups excluding carboxylic acids is 1. The van der Waals surface area contributed by atoms with Crippen LogP contribution in [0, 0.1) is 0 Å². The maximum Gasteiger partial charge on any atom is 0.139 e. The summed E-state index contributed by atoms with van der Waals surface area (Å²) >= 11 is 0. The van der Waals surface area contributed by atoms with E-state index in [2.05, 4.69) is 75.8 Å². The zero-order chi connectivity index (χ0) is 21.5. The minimum absolute atomic E-state index is 0.0550. The molecule has 2 atom stereocenters. The molecule has 2 rings (SSSR count). The third kappa shape index (κ3) is 4.60. The van der Waals surface area contributed by atoms with Crippen LogP contribution in [0.25, 0.3) is 0 Å². The fraction of sp³-hybridized carbons (Fsp3) is 0.720. The normalized spacial score (nSPS) is 23.0. The summed E-state index contributed by atoms with van der Waals surface area (Å²) in [5.41, 5.74) is 0.760. The second-order valence-electron chi connectivity index (χ2n) is 8.60. The predicted octanol–water partition coefficient (Wildman–Crippen LogP) is 5.78. The average Bonchev–Trinajstić information content (AvgIpc) is 2.78. The zero-order valence-corrected chi connectivity index (χ0v) is 19.5. The third-order valence-corrected chi connectivity index (χ3v) is 7.28. The van der Waals surface area contributed by atoms with E-state index < -0.39 is 0 Å². The Morgan fingerprint density at radius 3 is 2.17 bits per heavy atom. The van der Waals surface area contributed by atoms with Crippen molar-refractivity contribution in [1.29, 1.82) is 0 Å². The first-order valence-corrected chi connectivity index (χ1v) is 11.7. The first-order chi connectivity index (χ1) is 14.0. The quantitative estimate of drug-likeness (QED) is 0.439. The van der Waals surface area contributed by atoms with E-state index in [-0.39, 0.29) is 23.2 Å². The van der Waals surface area contributed by atoms with Gasteiger partial charge in [0.2, 0.25) is 0 Å². The summed E-state index contributed by atoms with van der Waals surface area (Å²) in [6.45, 7) is 15.2. The van der Waals surface area contributed by atoms with Crippen molar-refractivity contribution in [2.45, 2.75) is 103 Å². The molecule has 29 heavy (non-hydrogen) atoms. The van der Waals surface area contributed by atoms with Crippen molar-refractivity contribution in [2.24, 2.45) is 0 Å². The maximum atomic E-state index is 12.4. The molecule has 2 unspecified atom stereocenters. The van der Waals surface area contributed by atoms with Crippen molar-refractivity contribution in [3.05, 3.63) is 35.9 Å². The Bertz CT molecular complexity index is 611. The van der Waals surface area contributed by atoms with Crippen molar-refractivity contribution in [3.63, 3.8) is 0 Å². The zero-order valence-electron chi connectivity index (χ0n) is 19.5. The summed E-state index contributed by atoms with van der Waals surface area (Å²) in [7, 11) is 0. The van der Waals surface area contributed by atoms with Gasteiger partial charge in [-0.15, -0.1) is 0 Å². The topological polar surface area (TPSA) is 32.8 Å². The number of rotatable bonds is 11. The predicted molar refractivity (Wildman–Crippen MR) is 121 cm³/mol. The minimum atomic E-state index is -0.317. The number of nitrogens with zero attached hydrogens (tertiary/aromatic N) is 2. The molecule has 4 nitrogen and oxygen atoms in total. The SMILES string of the molecule is CCCCN1CC(CC)(CC)N(OC(C)c2ccccc2)C(CC)(CC)C1C=O. The number of carbonyl (C=O) groups is 1. The highest BCUT2D eigenvalue weighted by Gasteiger charge is 2.57. The Morgan fingerprint density at radius 1 is 1.07 bits per heavy atom. The lowest BCUT2D eigenvalue weighted by Gasteiger charge is -2.62. The van der Waals surface area contributed by atoms with Gasteiger partial charge in [0.25, 0.3) is 0 Å². The molecule has 1 fully saturated rings. The lowest BCUT2D eigenvalue weighted by Crippen LogP contribution is -2.76. The number of unbranched alkanes of at least 4 members (excludes halogenated alkanes) is 1. The summed E-state index contributed by atoms with van der Waals surface area (Å²) in [6.07, 6.45) is 7.17. The van der Waals surface area contributed by atoms with E-state index in [1.165, 1.54) is 11.8 Å². The van der Waals surface area contributed by atoms with Gasteiger partial charge in [-0.2, -0.15) is 5.06 Å². The van der Waals surface area contributed by atoms with Gasteiger partial charge in [0.15, 0.2) is 0 Å². The van der Waals surface area contributed by atoms with Gasteiger partial charge in [-0.3, -0.25) is 9.74 Å². The molecule has 4 heteroatoms. The van der Waals surface area contributed by atoms with E-state index in [9.17, 15) is 4.79 Å². The lowest BCUT2D eigenvalue weighted by atomic mass is 9.74. The van der Waals surface area contributed by atoms with Gasteiger partial charge in [0.05, 0.1) is 17.1 Å². The van der Waals surface area contributed by atoms with Crippen molar-refractivity contribution < 1.29 is 9.63 Å². The molecule has 1 heterocycles. The van der Waals surface area contributed by atoms with Gasteiger partial charge in [-0.25, -0.2) is 0 Å². The van der Waals surface area contributed by atoms with Crippen molar-refractivity contribution in [2.75, 3.05) is 13.1 Å². The van der Waals surface area contributed by atoms with Gasteiger partial charge >= 0.3 is 0 Å². The van der Waals surface area contributed by atoms with Crippen LogP contribution in [-0.2, 0) is 9.63 Å². The smallest absolute Gasteiger partial charge is 0.139 e. The van der Waals surface area contributed by atoms with Crippen LogP contribution >= 0.6 is 0 Å². The molecule has 1 aliphatic rings. The maximum absolute atomic E-state index is 12.4. The fourth-order valence-corrected chi connectivity index (χ4v) is 5.14. The largest absolute Gasteiger partial charge is 0.302 e. The number of benzene rings is 1. The number of piperazine rings is 1. The molecule has 0 N–H and O–H groups in total. The van der Waals surface area contributed by atoms with E-state index >= 15 is 0 Å². The molecule has 164 valence electrons. The van der Waals surface area contributed by atoms with Gasteiger partial charge in [0.1, 0.15) is 12.4 Å². The highest BCUT2D eigenvalue weighted by molar-refractivity contribution is 5.61. The van der Waals surface area contributed by atoms with Crippen LogP contribution in [0.2, 0.25) is 0 Å². The van der Waals surface area contributed by atoms with Crippen LogP contribution in [0.5, 0.6) is 0 Å². The number of hydroxylamine groups is 2. The molecular formula is C25H42N2O2. The molecule has 0 aliphatic carbocycles. The van der Waals surface area contributed by atoms with Crippen LogP contribution in [-0.4, -0.2) is 46.5 Å². The van der Waals surface area contributed by atoms with E-state index in [1.54, 1.807) is 0 Å². The third-order valence-electron chi connectivity index (χ3n) is 7.28. The molecule has 1 aromatic rings. The average molecular weight is 403 g/mol. The molecule has 0 aromatic heterocycles. The van der Waals surface area contributed by atoms with Gasteiger partial charge < -0.3 is 4.79 Å². The fourth-order valence-electron chi connectivity index (χ4n) is 5.14. The molecule has 1 aliphatic heterocycles. The summed E-state index contributed by atoms with van der Waals surface area (Å²) in [6, 6.07) is 10.3. The molecule has 0 amide bonds. The molecular weight excluding hydrogens is 360 g/mol. The number of aldehydes is 1. The molecule has 0 bridgehead atoms. The van der Waals surface area contributed by atoms with Crippen LogP contribution in [0.15, 0.2) is 30.3 Å². The van der Waals surface area contributed by atoms with Crippen LogP contribution < -0.4 is 0 Å². The van der Waals surface area contributed by atoms with Crippen molar-refractivity contribution in [3.8, 4) is 0 Å². The van der Waals surface area contributed by atoms with E-state index in [0.29, 0.717) is 0 Å². The molecule has 0 spiro atoms. The van der Waals surface area contributed by atoms with Gasteiger partial charge in [-0.1, -0.05) is 71.4 Å². The number of hydrogen-bond acceptors (Lipinski definition) is 4. The highest BCUT2D eigenvalue weighted by atomic mass is 16.7. The van der Waals surface area contributed by atoms with E-state index in [1.807, 2.05) is 6.07 Å². The van der Waals surface area contributed by atoms with Crippen molar-refractivity contribution >= 4 is 6.29 Å². The first kappa shape index (κ1) is 24.0. The highest BCUT2D eigenvalue weighted by Crippen LogP contribution is 2.45. The van der Waals surface area contributed by atoms with Crippen LogP contribution in [0.1, 0.15) is 91.7 Å². The first-order valence-electron chi connectivity index (χ1n) is 11.7. The summed E-state index contributed by atoms with van der Waals surface area (Å²) in [5, 5.41) is 2.29. The summed E-state index contributed by atoms with van der Waals surface area (Å²) in [5.74, 6) is 0. The second kappa shape index (κ2) is 10.7. The minimum Gasteiger partial charge on any atom is -0.302 e. The Hall–Kier alpha value is -1.23. The Kier molecular flexibility index (Phi) is 8.87. The monoisotopic (exact) mass is 402 g/mol. The Balaban J connectivity index is 2.51. The summed E-state index contributed by atoms with van der Waals surface area (Å²) < 4.78 is 0. The number of hydrogen-bond donors (Lipinski definition) is 0. The Morgan fingerprint density at radius 2 is 1.69 bits per heavy atom. The standard InChI is InChI=1S/C25H42N2O2/c1-7-12-18-26-20-24(8-2,9-3)27(25(10-4,11-5)23(26)19-28)29-21(6)22-16-14-13-15-17-22/h13-17,19,21,23H,7-12,18,20H2,1-6H3. The molecule has 1 saturated heterocycles. The van der Waals surface area contributed by atoms with Crippen LogP contribution in [0.3, 0.4) is 0 Å². The molecule has 0 saturated carbocycles. The van der Waals surface area contributed by atoms with Crippen LogP contribution in [0.4, 0.5) is 0 Å². The van der Waals surface area contributed by atoms with E-state index in [4.69, 9.17) is 4.84 Å². The lowest BCUT2D eigenvalue weighted by molar-refractivity contribution is -0.337. The van der Waals surface area contributed by atoms with Crippen molar-refractivity contribution in [1.82, 2.24) is 9.96 Å². The second-order valence-corrected chi connectivity index (χ2v) is 8.60. The summed E-state index contributed by atoms with van der Waals surface area (Å²) in [4.78, 5) is 21.7. The van der Waals surface area contributed by atoms with E-state index in [0.717, 1.165) is 51.6 Å². The van der Waals surface area contributed by atoms with Gasteiger partial charge in [-0.05, 0) is 51.1 Å². The van der Waals surface area contributed by atoms with Gasteiger partial charge in [0, 0.05) is 6.54 Å². The molecule has 1 aromatic carbocycles.